The smallest absolute Gasteiger partial charge is 0.339 e. The molecule has 2 rings (SSSR count). The Labute approximate surface area is 122 Å². The molecule has 0 saturated heterocycles. The van der Waals surface area contributed by atoms with Crippen molar-refractivity contribution in [3.05, 3.63) is 63.7 Å². The van der Waals surface area contributed by atoms with Crippen LogP contribution in [-0.4, -0.2) is 13.3 Å². The van der Waals surface area contributed by atoms with Gasteiger partial charge in [-0.1, -0.05) is 29.8 Å². The number of rotatable bonds is 4. The molecule has 0 spiro atoms. The number of benzene rings is 2. The minimum absolute atomic E-state index is 0.00810. The molecule has 0 N–H and O–H groups in total. The van der Waals surface area contributed by atoms with Gasteiger partial charge in [-0.25, -0.2) is 0 Å². The highest BCUT2D eigenvalue weighted by molar-refractivity contribution is 7.87. The molecule has 6 nitrogen and oxygen atoms in total. The zero-order chi connectivity index (χ0) is 15.6. The Kier molecular flexibility index (Phi) is 3.95. The summed E-state index contributed by atoms with van der Waals surface area (Å²) in [6.07, 6.45) is 0. The monoisotopic (exact) mass is 307 g/mol. The molecule has 0 saturated carbocycles. The van der Waals surface area contributed by atoms with E-state index < -0.39 is 20.7 Å². The standard InChI is InChI=1S/C14H13NO5S/c1-10-7-8-14(11(2)9-10)21(18,19)20-13-6-4-3-5-12(13)15(16)17/h3-9H,1-2H3. The van der Waals surface area contributed by atoms with E-state index in [1.54, 1.807) is 19.1 Å². The van der Waals surface area contributed by atoms with Crippen molar-refractivity contribution < 1.29 is 17.5 Å². The van der Waals surface area contributed by atoms with Gasteiger partial charge in [0.2, 0.25) is 5.75 Å². The Morgan fingerprint density at radius 2 is 1.76 bits per heavy atom. The molecule has 21 heavy (non-hydrogen) atoms. The van der Waals surface area contributed by atoms with Crippen molar-refractivity contribution in [2.24, 2.45) is 0 Å². The van der Waals surface area contributed by atoms with Crippen LogP contribution in [0.4, 0.5) is 5.69 Å². The van der Waals surface area contributed by atoms with Crippen LogP contribution in [0.15, 0.2) is 47.4 Å². The Hall–Kier alpha value is -2.41. The third-order valence-electron chi connectivity index (χ3n) is 2.86. The summed E-state index contributed by atoms with van der Waals surface area (Å²) in [5.41, 5.74) is 1.04. The number of aryl methyl sites for hydroxylation is 2. The first-order valence-corrected chi connectivity index (χ1v) is 7.47. The van der Waals surface area contributed by atoms with Crippen LogP contribution >= 0.6 is 0 Å². The van der Waals surface area contributed by atoms with Crippen molar-refractivity contribution in [3.63, 3.8) is 0 Å². The summed E-state index contributed by atoms with van der Waals surface area (Å²) in [4.78, 5) is 10.2. The molecule has 0 amide bonds. The van der Waals surface area contributed by atoms with Crippen molar-refractivity contribution in [3.8, 4) is 5.75 Å². The first-order chi connectivity index (χ1) is 9.81. The van der Waals surface area contributed by atoms with Crippen molar-refractivity contribution in [2.45, 2.75) is 18.7 Å². The Balaban J connectivity index is 2.45. The van der Waals surface area contributed by atoms with Crippen molar-refractivity contribution in [1.29, 1.82) is 0 Å². The van der Waals surface area contributed by atoms with E-state index in [0.717, 1.165) is 5.56 Å². The average Bonchev–Trinajstić information content (AvgIpc) is 2.37. The van der Waals surface area contributed by atoms with E-state index in [9.17, 15) is 18.5 Å². The van der Waals surface area contributed by atoms with E-state index in [-0.39, 0.29) is 10.6 Å². The molecule has 2 aromatic rings. The van der Waals surface area contributed by atoms with Gasteiger partial charge in [-0.15, -0.1) is 0 Å². The fourth-order valence-electron chi connectivity index (χ4n) is 1.92. The van der Waals surface area contributed by atoms with Crippen molar-refractivity contribution in [1.82, 2.24) is 0 Å². The third kappa shape index (κ3) is 3.19. The molecule has 0 aliphatic rings. The number of hydrogen-bond acceptors (Lipinski definition) is 5. The maximum absolute atomic E-state index is 12.3. The maximum Gasteiger partial charge on any atom is 0.339 e. The molecule has 0 bridgehead atoms. The van der Waals surface area contributed by atoms with Gasteiger partial charge in [0, 0.05) is 6.07 Å². The predicted molar refractivity (Wildman–Crippen MR) is 76.8 cm³/mol. The van der Waals surface area contributed by atoms with Gasteiger partial charge >= 0.3 is 15.8 Å². The average molecular weight is 307 g/mol. The van der Waals surface area contributed by atoms with Crippen molar-refractivity contribution >= 4 is 15.8 Å². The summed E-state index contributed by atoms with van der Waals surface area (Å²) in [6, 6.07) is 10.1. The number of nitro groups is 1. The van der Waals surface area contributed by atoms with E-state index in [1.165, 1.54) is 30.3 Å². The van der Waals surface area contributed by atoms with Gasteiger partial charge in [0.15, 0.2) is 0 Å². The van der Waals surface area contributed by atoms with Crippen LogP contribution in [0.2, 0.25) is 0 Å². The van der Waals surface area contributed by atoms with Crippen LogP contribution in [0.1, 0.15) is 11.1 Å². The highest BCUT2D eigenvalue weighted by atomic mass is 32.2. The first-order valence-electron chi connectivity index (χ1n) is 6.06. The number of hydrogen-bond donors (Lipinski definition) is 0. The van der Waals surface area contributed by atoms with Gasteiger partial charge in [-0.05, 0) is 31.5 Å². The van der Waals surface area contributed by atoms with Gasteiger partial charge in [-0.3, -0.25) is 10.1 Å². The Morgan fingerprint density at radius 3 is 2.38 bits per heavy atom. The van der Waals surface area contributed by atoms with Crippen molar-refractivity contribution in [2.75, 3.05) is 0 Å². The second kappa shape index (κ2) is 5.53. The second-order valence-electron chi connectivity index (χ2n) is 4.53. The molecule has 0 heterocycles. The molecule has 110 valence electrons. The fourth-order valence-corrected chi connectivity index (χ4v) is 3.08. The summed E-state index contributed by atoms with van der Waals surface area (Å²) in [6.45, 7) is 3.48. The third-order valence-corrected chi connectivity index (χ3v) is 4.26. The normalized spacial score (nSPS) is 11.1. The Bertz CT molecular complexity index is 799. The van der Waals surface area contributed by atoms with Gasteiger partial charge in [0.25, 0.3) is 0 Å². The molecule has 0 atom stereocenters. The van der Waals surface area contributed by atoms with E-state index >= 15 is 0 Å². The number of nitro benzene ring substituents is 1. The number of nitrogens with zero attached hydrogens (tertiary/aromatic N) is 1. The van der Waals surface area contributed by atoms with E-state index in [4.69, 9.17) is 4.18 Å². The van der Waals surface area contributed by atoms with Gasteiger partial charge in [0.1, 0.15) is 4.90 Å². The summed E-state index contributed by atoms with van der Waals surface area (Å²) in [5.74, 6) is -0.303. The van der Waals surface area contributed by atoms with Gasteiger partial charge in [0.05, 0.1) is 4.92 Å². The molecular formula is C14H13NO5S. The lowest BCUT2D eigenvalue weighted by Gasteiger charge is -2.10. The zero-order valence-electron chi connectivity index (χ0n) is 11.4. The lowest BCUT2D eigenvalue weighted by atomic mass is 10.2. The quantitative estimate of drug-likeness (QED) is 0.492. The van der Waals surface area contributed by atoms with E-state index in [2.05, 4.69) is 0 Å². The topological polar surface area (TPSA) is 86.5 Å². The number of para-hydroxylation sites is 2. The van der Waals surface area contributed by atoms with Gasteiger partial charge < -0.3 is 4.18 Å². The Morgan fingerprint density at radius 1 is 1.10 bits per heavy atom. The molecule has 7 heteroatoms. The maximum atomic E-state index is 12.3. The van der Waals surface area contributed by atoms with Crippen LogP contribution < -0.4 is 4.18 Å². The zero-order valence-corrected chi connectivity index (χ0v) is 12.3. The molecule has 0 aromatic heterocycles. The fraction of sp³-hybridized carbons (Fsp3) is 0.143. The second-order valence-corrected chi connectivity index (χ2v) is 6.05. The largest absolute Gasteiger partial charge is 0.372 e. The van der Waals surface area contributed by atoms with Gasteiger partial charge in [-0.2, -0.15) is 8.42 Å². The summed E-state index contributed by atoms with van der Waals surface area (Å²) >= 11 is 0. The predicted octanol–water partition coefficient (Wildman–Crippen LogP) is 2.98. The lowest BCUT2D eigenvalue weighted by molar-refractivity contribution is -0.385. The van der Waals surface area contributed by atoms with E-state index in [1.807, 2.05) is 6.92 Å². The molecule has 0 aliphatic heterocycles. The molecule has 0 fully saturated rings. The molecule has 2 aromatic carbocycles. The minimum atomic E-state index is -4.12. The van der Waals surface area contributed by atoms with E-state index in [0.29, 0.717) is 5.56 Å². The minimum Gasteiger partial charge on any atom is -0.372 e. The summed E-state index contributed by atoms with van der Waals surface area (Å²) < 4.78 is 29.5. The SMILES string of the molecule is Cc1ccc(S(=O)(=O)Oc2ccccc2[N+](=O)[O-])c(C)c1. The van der Waals surface area contributed by atoms with Crippen LogP contribution in [0.3, 0.4) is 0 Å². The highest BCUT2D eigenvalue weighted by Gasteiger charge is 2.24. The lowest BCUT2D eigenvalue weighted by Crippen LogP contribution is -2.12. The molecular weight excluding hydrogens is 294 g/mol. The van der Waals surface area contributed by atoms with Crippen LogP contribution in [0.25, 0.3) is 0 Å². The summed E-state index contributed by atoms with van der Waals surface area (Å²) in [5, 5.41) is 10.9. The first kappa shape index (κ1) is 15.0. The van der Waals surface area contributed by atoms with Crippen LogP contribution in [0.5, 0.6) is 5.75 Å². The van der Waals surface area contributed by atoms with Crippen LogP contribution in [-0.2, 0) is 10.1 Å². The highest BCUT2D eigenvalue weighted by Crippen LogP contribution is 2.29. The summed E-state index contributed by atoms with van der Waals surface area (Å²) in [7, 11) is -4.12. The van der Waals surface area contributed by atoms with Crippen LogP contribution in [0, 0.1) is 24.0 Å². The molecule has 0 radical (unpaired) electrons. The molecule has 0 unspecified atom stereocenters. The molecule has 0 aliphatic carbocycles.